The van der Waals surface area contributed by atoms with Gasteiger partial charge in [0, 0.05) is 6.42 Å². The molecule has 1 unspecified atom stereocenters. The van der Waals surface area contributed by atoms with Crippen LogP contribution in [0, 0.1) is 0 Å². The quantitative estimate of drug-likeness (QED) is 0.572. The van der Waals surface area contributed by atoms with Crippen LogP contribution >= 0.6 is 0 Å². The van der Waals surface area contributed by atoms with Gasteiger partial charge in [0.15, 0.2) is 0 Å². The lowest BCUT2D eigenvalue weighted by atomic mass is 10.3. The first-order valence-electron chi connectivity index (χ1n) is 3.01. The third-order valence-electron chi connectivity index (χ3n) is 1.03. The molecular formula is C4H11F3OSi2. The van der Waals surface area contributed by atoms with Gasteiger partial charge in [0.2, 0.25) is 0 Å². The molecule has 0 N–H and O–H groups in total. The lowest BCUT2D eigenvalue weighted by Crippen LogP contribution is -2.14. The van der Waals surface area contributed by atoms with Crippen molar-refractivity contribution in [2.24, 2.45) is 0 Å². The molecule has 1 nitrogen and oxygen atoms in total. The number of alkyl halides is 3. The van der Waals surface area contributed by atoms with Gasteiger partial charge < -0.3 is 4.12 Å². The van der Waals surface area contributed by atoms with Crippen LogP contribution in [0.1, 0.15) is 13.3 Å². The highest BCUT2D eigenvalue weighted by Gasteiger charge is 2.29. The van der Waals surface area contributed by atoms with E-state index in [2.05, 4.69) is 0 Å². The molecule has 10 heavy (non-hydrogen) atoms. The first-order chi connectivity index (χ1) is 4.45. The minimum absolute atomic E-state index is 0.266. The molecule has 0 saturated carbocycles. The number of halogens is 3. The van der Waals surface area contributed by atoms with Gasteiger partial charge in [-0.25, -0.2) is 0 Å². The lowest BCUT2D eigenvalue weighted by molar-refractivity contribution is -0.134. The Bertz CT molecular complexity index is 95.0. The fourth-order valence-electron chi connectivity index (χ4n) is 0.739. The summed E-state index contributed by atoms with van der Waals surface area (Å²) >= 11 is 0. The summed E-state index contributed by atoms with van der Waals surface area (Å²) in [7, 11) is -0.319. The zero-order chi connectivity index (χ0) is 8.20. The molecule has 0 amide bonds. The van der Waals surface area contributed by atoms with Crippen molar-refractivity contribution in [1.82, 2.24) is 0 Å². The van der Waals surface area contributed by atoms with Crippen molar-refractivity contribution in [2.45, 2.75) is 25.1 Å². The molecule has 0 aromatic carbocycles. The summed E-state index contributed by atoms with van der Waals surface area (Å²) in [6, 6.07) is 0. The molecule has 6 heteroatoms. The Hall–Kier alpha value is 0.184. The minimum Gasteiger partial charge on any atom is -0.468 e. The fourth-order valence-corrected chi connectivity index (χ4v) is 3.46. The molecule has 0 aliphatic heterocycles. The van der Waals surface area contributed by atoms with Crippen molar-refractivity contribution in [3.05, 3.63) is 0 Å². The van der Waals surface area contributed by atoms with Crippen molar-refractivity contribution < 1.29 is 17.3 Å². The second-order valence-electron chi connectivity index (χ2n) is 2.38. The zero-order valence-electron chi connectivity index (χ0n) is 6.03. The topological polar surface area (TPSA) is 9.23 Å². The summed E-state index contributed by atoms with van der Waals surface area (Å²) in [5, 5.41) is 0. The van der Waals surface area contributed by atoms with E-state index in [1.807, 2.05) is 0 Å². The van der Waals surface area contributed by atoms with Crippen molar-refractivity contribution in [1.29, 1.82) is 0 Å². The molecule has 0 aromatic rings. The van der Waals surface area contributed by atoms with Crippen LogP contribution in [0.15, 0.2) is 0 Å². The molecule has 1 atom stereocenters. The molecule has 0 aliphatic rings. The maximum absolute atomic E-state index is 11.6. The highest BCUT2D eigenvalue weighted by atomic mass is 28.3. The van der Waals surface area contributed by atoms with Crippen LogP contribution in [-0.4, -0.2) is 26.4 Å². The van der Waals surface area contributed by atoms with Gasteiger partial charge in [0.05, 0.1) is 0 Å². The van der Waals surface area contributed by atoms with Gasteiger partial charge in [-0.2, -0.15) is 13.2 Å². The highest BCUT2D eigenvalue weighted by Crippen LogP contribution is 2.26. The molecule has 0 saturated heterocycles. The lowest BCUT2D eigenvalue weighted by Gasteiger charge is -2.11. The Labute approximate surface area is 63.4 Å². The van der Waals surface area contributed by atoms with Gasteiger partial charge in [0.25, 0.3) is 0 Å². The molecule has 0 bridgehead atoms. The van der Waals surface area contributed by atoms with E-state index in [-0.39, 0.29) is 5.54 Å². The van der Waals surface area contributed by atoms with E-state index < -0.39 is 22.4 Å². The Morgan fingerprint density at radius 2 is 2.10 bits per heavy atom. The summed E-state index contributed by atoms with van der Waals surface area (Å²) in [4.78, 5) is 0. The monoisotopic (exact) mass is 188 g/mol. The van der Waals surface area contributed by atoms with Crippen molar-refractivity contribution in [3.63, 3.8) is 0 Å². The van der Waals surface area contributed by atoms with Crippen LogP contribution in [-0.2, 0) is 4.12 Å². The second kappa shape index (κ2) is 4.14. The third kappa shape index (κ3) is 6.31. The summed E-state index contributed by atoms with van der Waals surface area (Å²) in [6.07, 6.45) is -4.69. The molecular weight excluding hydrogens is 177 g/mol. The summed E-state index contributed by atoms with van der Waals surface area (Å²) < 4.78 is 39.6. The Kier molecular flexibility index (Phi) is 4.22. The maximum Gasteiger partial charge on any atom is 0.389 e. The summed E-state index contributed by atoms with van der Waals surface area (Å²) in [5.74, 6) is 0. The molecule has 0 rings (SSSR count). The first-order valence-corrected chi connectivity index (χ1v) is 5.22. The van der Waals surface area contributed by atoms with Crippen LogP contribution in [0.4, 0.5) is 13.2 Å². The van der Waals surface area contributed by atoms with E-state index in [4.69, 9.17) is 4.12 Å². The molecule has 0 fully saturated rings. The zero-order valence-corrected chi connectivity index (χ0v) is 9.45. The second-order valence-corrected chi connectivity index (χ2v) is 6.42. The minimum atomic E-state index is -4.01. The van der Waals surface area contributed by atoms with Gasteiger partial charge in [0.1, 0.15) is 20.2 Å². The Morgan fingerprint density at radius 1 is 1.60 bits per heavy atom. The predicted molar refractivity (Wildman–Crippen MR) is 39.7 cm³/mol. The smallest absolute Gasteiger partial charge is 0.389 e. The summed E-state index contributed by atoms with van der Waals surface area (Å²) in [6.45, 7) is 1.59. The van der Waals surface area contributed by atoms with Gasteiger partial charge in [-0.1, -0.05) is 6.92 Å². The van der Waals surface area contributed by atoms with E-state index in [9.17, 15) is 13.2 Å². The van der Waals surface area contributed by atoms with Gasteiger partial charge in [-0.15, -0.1) is 0 Å². The van der Waals surface area contributed by atoms with E-state index >= 15 is 0 Å². The normalized spacial score (nSPS) is 16.8. The van der Waals surface area contributed by atoms with Crippen LogP contribution in [0.25, 0.3) is 0 Å². The molecule has 0 aliphatic carbocycles. The molecule has 0 radical (unpaired) electrons. The van der Waals surface area contributed by atoms with Crippen molar-refractivity contribution >= 4 is 20.2 Å². The molecule has 62 valence electrons. The average molecular weight is 188 g/mol. The largest absolute Gasteiger partial charge is 0.468 e. The number of hydrogen-bond acceptors (Lipinski definition) is 1. The number of hydrogen-bond donors (Lipinski definition) is 0. The molecule has 0 aromatic heterocycles. The van der Waals surface area contributed by atoms with Gasteiger partial charge in [-0.3, -0.25) is 0 Å². The van der Waals surface area contributed by atoms with Crippen molar-refractivity contribution in [2.75, 3.05) is 0 Å². The average Bonchev–Trinajstić information content (AvgIpc) is 1.59. The van der Waals surface area contributed by atoms with Crippen LogP contribution < -0.4 is 0 Å². The van der Waals surface area contributed by atoms with Gasteiger partial charge in [-0.05, 0) is 5.54 Å². The third-order valence-corrected chi connectivity index (χ3v) is 3.22. The first kappa shape index (κ1) is 10.2. The van der Waals surface area contributed by atoms with E-state index in [1.165, 1.54) is 0 Å². The number of rotatable bonds is 3. The Morgan fingerprint density at radius 3 is 2.40 bits per heavy atom. The van der Waals surface area contributed by atoms with E-state index in [0.29, 0.717) is 10.5 Å². The van der Waals surface area contributed by atoms with E-state index in [1.54, 1.807) is 6.92 Å². The molecule has 0 heterocycles. The molecule has 0 spiro atoms. The fraction of sp³-hybridized carbons (Fsp3) is 1.00. The van der Waals surface area contributed by atoms with Crippen molar-refractivity contribution in [3.8, 4) is 0 Å². The van der Waals surface area contributed by atoms with Crippen LogP contribution in [0.3, 0.4) is 0 Å². The van der Waals surface area contributed by atoms with Crippen LogP contribution in [0.2, 0.25) is 5.54 Å². The Balaban J connectivity index is 3.47. The maximum atomic E-state index is 11.6. The SMILES string of the molecule is CC(CC(F)(F)F)[SiH2]O[SiH3]. The van der Waals surface area contributed by atoms with Gasteiger partial charge >= 0.3 is 6.18 Å². The van der Waals surface area contributed by atoms with E-state index in [0.717, 1.165) is 0 Å². The summed E-state index contributed by atoms with van der Waals surface area (Å²) in [5.41, 5.74) is -0.266. The standard InChI is InChI=1S/C4H11F3OSi2/c1-3(10-8-9)2-4(5,6)7/h3H,2,10H2,1,9H3. The van der Waals surface area contributed by atoms with Crippen LogP contribution in [0.5, 0.6) is 0 Å². The predicted octanol–water partition coefficient (Wildman–Crippen LogP) is 0.128. The highest BCUT2D eigenvalue weighted by molar-refractivity contribution is 6.35.